The zero-order chi connectivity index (χ0) is 33.7. The second-order valence-electron chi connectivity index (χ2n) is 12.8. The minimum Gasteiger partial charge on any atom is -0.456 e. The Morgan fingerprint density at radius 1 is 0.314 bits per heavy atom. The van der Waals surface area contributed by atoms with Gasteiger partial charge in [-0.1, -0.05) is 152 Å². The van der Waals surface area contributed by atoms with Crippen molar-refractivity contribution in [3.05, 3.63) is 176 Å². The highest BCUT2D eigenvalue weighted by Gasteiger charge is 2.19. The van der Waals surface area contributed by atoms with Crippen LogP contribution in [0.15, 0.2) is 180 Å². The van der Waals surface area contributed by atoms with Crippen molar-refractivity contribution in [2.24, 2.45) is 0 Å². The first-order valence-electron chi connectivity index (χ1n) is 17.1. The van der Waals surface area contributed by atoms with Crippen molar-refractivity contribution in [2.75, 3.05) is 0 Å². The fourth-order valence-electron chi connectivity index (χ4n) is 7.27. The van der Waals surface area contributed by atoms with E-state index in [1.54, 1.807) is 0 Å². The third-order valence-electron chi connectivity index (χ3n) is 9.73. The number of hydrogen-bond acceptors (Lipinski definition) is 4. The van der Waals surface area contributed by atoms with Crippen molar-refractivity contribution in [2.45, 2.75) is 0 Å². The van der Waals surface area contributed by atoms with Crippen LogP contribution in [0.25, 0.3) is 99.9 Å². The number of rotatable bonds is 5. The van der Waals surface area contributed by atoms with Gasteiger partial charge in [0.05, 0.1) is 0 Å². The van der Waals surface area contributed by atoms with E-state index in [0.717, 1.165) is 55.3 Å². The molecular weight excluding hydrogens is 623 g/mol. The first-order chi connectivity index (χ1) is 25.3. The topological polar surface area (TPSA) is 51.8 Å². The molecule has 238 valence electrons. The lowest BCUT2D eigenvalue weighted by Crippen LogP contribution is -2.01. The van der Waals surface area contributed by atoms with Crippen molar-refractivity contribution >= 4 is 43.5 Å². The second kappa shape index (κ2) is 11.9. The van der Waals surface area contributed by atoms with Crippen LogP contribution in [0, 0.1) is 0 Å². The third-order valence-corrected chi connectivity index (χ3v) is 9.73. The summed E-state index contributed by atoms with van der Waals surface area (Å²) in [7, 11) is 0. The zero-order valence-corrected chi connectivity index (χ0v) is 27.5. The molecule has 0 N–H and O–H groups in total. The van der Waals surface area contributed by atoms with E-state index in [9.17, 15) is 0 Å². The molecule has 2 aromatic heterocycles. The maximum Gasteiger partial charge on any atom is 0.164 e. The minimum atomic E-state index is 0.618. The van der Waals surface area contributed by atoms with Gasteiger partial charge < -0.3 is 4.42 Å². The van der Waals surface area contributed by atoms with Crippen molar-refractivity contribution in [3.63, 3.8) is 0 Å². The van der Waals surface area contributed by atoms with Gasteiger partial charge in [0, 0.05) is 27.5 Å². The summed E-state index contributed by atoms with van der Waals surface area (Å²) in [6.07, 6.45) is 0. The summed E-state index contributed by atoms with van der Waals surface area (Å²) in [6.45, 7) is 0. The molecule has 0 atom stereocenters. The van der Waals surface area contributed by atoms with Crippen LogP contribution in [0.5, 0.6) is 0 Å². The van der Waals surface area contributed by atoms with E-state index >= 15 is 0 Å². The monoisotopic (exact) mass is 651 g/mol. The number of benzene rings is 8. The quantitative estimate of drug-likeness (QED) is 0.174. The average molecular weight is 652 g/mol. The van der Waals surface area contributed by atoms with Gasteiger partial charge in [-0.15, -0.1) is 0 Å². The number of hydrogen-bond donors (Lipinski definition) is 0. The van der Waals surface area contributed by atoms with Crippen LogP contribution in [0.3, 0.4) is 0 Å². The summed E-state index contributed by atoms with van der Waals surface area (Å²) in [6, 6.07) is 61.1. The van der Waals surface area contributed by atoms with Gasteiger partial charge in [-0.2, -0.15) is 0 Å². The van der Waals surface area contributed by atoms with Gasteiger partial charge in [0.1, 0.15) is 11.2 Å². The molecular formula is C47H29N3O. The van der Waals surface area contributed by atoms with Gasteiger partial charge in [0.2, 0.25) is 0 Å². The molecule has 4 nitrogen and oxygen atoms in total. The first-order valence-corrected chi connectivity index (χ1v) is 17.1. The Kier molecular flexibility index (Phi) is 6.78. The predicted molar refractivity (Wildman–Crippen MR) is 209 cm³/mol. The predicted octanol–water partition coefficient (Wildman–Crippen LogP) is 12.4. The molecule has 2 heterocycles. The smallest absolute Gasteiger partial charge is 0.164 e. The highest BCUT2D eigenvalue weighted by atomic mass is 16.3. The molecule has 0 amide bonds. The van der Waals surface area contributed by atoms with Gasteiger partial charge in [-0.3, -0.25) is 0 Å². The summed E-state index contributed by atoms with van der Waals surface area (Å²) in [5, 5.41) is 7.13. The molecule has 0 saturated carbocycles. The van der Waals surface area contributed by atoms with E-state index in [0.29, 0.717) is 17.5 Å². The van der Waals surface area contributed by atoms with E-state index in [4.69, 9.17) is 19.4 Å². The molecule has 0 aliphatic rings. The lowest BCUT2D eigenvalue weighted by atomic mass is 9.93. The third kappa shape index (κ3) is 5.04. The number of furan rings is 1. The fourth-order valence-corrected chi connectivity index (χ4v) is 7.27. The molecule has 4 heteroatoms. The lowest BCUT2D eigenvalue weighted by Gasteiger charge is -2.13. The van der Waals surface area contributed by atoms with Crippen LogP contribution in [-0.4, -0.2) is 15.0 Å². The Hall–Kier alpha value is -6.91. The number of nitrogens with zero attached hydrogens (tertiary/aromatic N) is 3. The van der Waals surface area contributed by atoms with E-state index in [-0.39, 0.29) is 0 Å². The largest absolute Gasteiger partial charge is 0.456 e. The molecule has 0 spiro atoms. The number of fused-ring (bicyclic) bond motifs is 6. The lowest BCUT2D eigenvalue weighted by molar-refractivity contribution is 0.669. The maximum atomic E-state index is 6.48. The first kappa shape index (κ1) is 29.0. The standard InChI is InChI=1S/C47H29N3O/c1-3-13-31(14-4-1)45-48-46(32-15-5-2-6-16-32)50-47(49-45)40-19-10-9-18-38(40)39-20-11-21-43-44(39)41-29-34(25-27-42(41)51-43)33-24-26-37-35(28-33)23-22-30-12-7-8-17-36(30)37/h1-29H. The van der Waals surface area contributed by atoms with Crippen molar-refractivity contribution in [1.82, 2.24) is 15.0 Å². The Morgan fingerprint density at radius 2 is 0.902 bits per heavy atom. The van der Waals surface area contributed by atoms with E-state index in [1.165, 1.54) is 27.1 Å². The summed E-state index contributed by atoms with van der Waals surface area (Å²) >= 11 is 0. The van der Waals surface area contributed by atoms with E-state index < -0.39 is 0 Å². The highest BCUT2D eigenvalue weighted by Crippen LogP contribution is 2.42. The molecule has 0 unspecified atom stereocenters. The van der Waals surface area contributed by atoms with Gasteiger partial charge in [-0.05, 0) is 68.1 Å². The number of aromatic nitrogens is 3. The second-order valence-corrected chi connectivity index (χ2v) is 12.8. The molecule has 0 aliphatic carbocycles. The van der Waals surface area contributed by atoms with Crippen molar-refractivity contribution in [1.29, 1.82) is 0 Å². The SMILES string of the molecule is c1ccc(-c2nc(-c3ccccc3)nc(-c3ccccc3-c3cccc4oc5ccc(-c6ccc7c(ccc8ccccc87)c6)cc5c34)n2)cc1. The Bertz CT molecular complexity index is 2860. The maximum absolute atomic E-state index is 6.48. The summed E-state index contributed by atoms with van der Waals surface area (Å²) in [5.41, 5.74) is 8.88. The Balaban J connectivity index is 1.15. The van der Waals surface area contributed by atoms with Gasteiger partial charge >= 0.3 is 0 Å². The summed E-state index contributed by atoms with van der Waals surface area (Å²) in [4.78, 5) is 15.1. The van der Waals surface area contributed by atoms with Gasteiger partial charge in [-0.25, -0.2) is 15.0 Å². The molecule has 51 heavy (non-hydrogen) atoms. The van der Waals surface area contributed by atoms with Crippen LogP contribution in [-0.2, 0) is 0 Å². The molecule has 0 radical (unpaired) electrons. The average Bonchev–Trinajstić information content (AvgIpc) is 3.59. The molecule has 10 aromatic rings. The van der Waals surface area contributed by atoms with Crippen molar-refractivity contribution < 1.29 is 4.42 Å². The molecule has 0 bridgehead atoms. The molecule has 0 saturated heterocycles. The molecule has 8 aromatic carbocycles. The van der Waals surface area contributed by atoms with Crippen LogP contribution < -0.4 is 0 Å². The Labute approximate surface area is 294 Å². The van der Waals surface area contributed by atoms with Crippen molar-refractivity contribution in [3.8, 4) is 56.4 Å². The fraction of sp³-hybridized carbons (Fsp3) is 0. The van der Waals surface area contributed by atoms with Crippen LogP contribution in [0.1, 0.15) is 0 Å². The van der Waals surface area contributed by atoms with Gasteiger partial charge in [0.15, 0.2) is 17.5 Å². The van der Waals surface area contributed by atoms with Crippen LogP contribution in [0.2, 0.25) is 0 Å². The Morgan fingerprint density at radius 3 is 1.69 bits per heavy atom. The van der Waals surface area contributed by atoms with E-state index in [1.807, 2.05) is 72.8 Å². The molecule has 10 rings (SSSR count). The summed E-state index contributed by atoms with van der Waals surface area (Å²) < 4.78 is 6.48. The molecule has 0 aliphatic heterocycles. The van der Waals surface area contributed by atoms with Gasteiger partial charge in [0.25, 0.3) is 0 Å². The highest BCUT2D eigenvalue weighted by molar-refractivity contribution is 6.15. The minimum absolute atomic E-state index is 0.618. The summed E-state index contributed by atoms with van der Waals surface area (Å²) in [5.74, 6) is 1.89. The van der Waals surface area contributed by atoms with Crippen LogP contribution >= 0.6 is 0 Å². The normalized spacial score (nSPS) is 11.5. The molecule has 0 fully saturated rings. The van der Waals surface area contributed by atoms with Crippen LogP contribution in [0.4, 0.5) is 0 Å². The zero-order valence-electron chi connectivity index (χ0n) is 27.5. The van der Waals surface area contributed by atoms with E-state index in [2.05, 4.69) is 103 Å².